The van der Waals surface area contributed by atoms with Gasteiger partial charge in [-0.2, -0.15) is 0 Å². The maximum Gasteiger partial charge on any atom is 0.139 e. The number of piperidine rings is 1. The summed E-state index contributed by atoms with van der Waals surface area (Å²) in [7, 11) is 0. The third kappa shape index (κ3) is 3.61. The van der Waals surface area contributed by atoms with Crippen LogP contribution in [0.25, 0.3) is 10.9 Å². The summed E-state index contributed by atoms with van der Waals surface area (Å²) in [4.78, 5) is 12.7. The molecule has 2 saturated heterocycles. The molecule has 134 valence electrons. The van der Waals surface area contributed by atoms with Crippen molar-refractivity contribution in [3.8, 4) is 0 Å². The van der Waals surface area contributed by atoms with Crippen molar-refractivity contribution < 1.29 is 4.74 Å². The van der Waals surface area contributed by atoms with Gasteiger partial charge in [-0.15, -0.1) is 11.8 Å². The molecule has 0 spiro atoms. The predicted molar refractivity (Wildman–Crippen MR) is 103 cm³/mol. The monoisotopic (exact) mass is 358 g/mol. The Labute approximate surface area is 153 Å². The number of fused-ring (bicyclic) bond motifs is 1. The Kier molecular flexibility index (Phi) is 5.10. The van der Waals surface area contributed by atoms with Crippen LogP contribution >= 0.6 is 11.8 Å². The lowest BCUT2D eigenvalue weighted by Gasteiger charge is -2.39. The van der Waals surface area contributed by atoms with E-state index in [1.165, 1.54) is 4.90 Å². The van der Waals surface area contributed by atoms with Crippen molar-refractivity contribution in [3.05, 3.63) is 24.5 Å². The summed E-state index contributed by atoms with van der Waals surface area (Å²) in [5, 5.41) is 1.16. The molecule has 0 amide bonds. The molecule has 3 heterocycles. The molecule has 2 unspecified atom stereocenters. The average molecular weight is 359 g/mol. The van der Waals surface area contributed by atoms with Gasteiger partial charge in [-0.3, -0.25) is 0 Å². The zero-order valence-electron chi connectivity index (χ0n) is 14.7. The Bertz CT molecular complexity index is 732. The zero-order valence-corrected chi connectivity index (χ0v) is 15.5. The van der Waals surface area contributed by atoms with Crippen LogP contribution in [0.4, 0.5) is 5.82 Å². The number of rotatable bonds is 3. The van der Waals surface area contributed by atoms with Gasteiger partial charge in [-0.25, -0.2) is 9.97 Å². The second-order valence-corrected chi connectivity index (χ2v) is 7.98. The number of nitrogens with zero attached hydrogens (tertiary/aromatic N) is 3. The van der Waals surface area contributed by atoms with Crippen molar-refractivity contribution >= 4 is 28.5 Å². The fourth-order valence-corrected chi connectivity index (χ4v) is 4.51. The van der Waals surface area contributed by atoms with Gasteiger partial charge in [0.25, 0.3) is 0 Å². The molecule has 0 radical (unpaired) electrons. The number of hydrogen-bond acceptors (Lipinski definition) is 6. The highest BCUT2D eigenvalue weighted by Crippen LogP contribution is 2.33. The Morgan fingerprint density at radius 3 is 2.80 bits per heavy atom. The maximum absolute atomic E-state index is 6.13. The lowest BCUT2D eigenvalue weighted by Crippen LogP contribution is -2.43. The summed E-state index contributed by atoms with van der Waals surface area (Å²) in [6.07, 6.45) is 8.43. The van der Waals surface area contributed by atoms with E-state index in [4.69, 9.17) is 10.5 Å². The highest BCUT2D eigenvalue weighted by atomic mass is 32.2. The van der Waals surface area contributed by atoms with Gasteiger partial charge in [0.15, 0.2) is 0 Å². The second kappa shape index (κ2) is 7.48. The van der Waals surface area contributed by atoms with Crippen LogP contribution in [0.2, 0.25) is 0 Å². The second-order valence-electron chi connectivity index (χ2n) is 7.10. The third-order valence-electron chi connectivity index (χ3n) is 5.54. The summed E-state index contributed by atoms with van der Waals surface area (Å²) in [5.41, 5.74) is 7.15. The minimum Gasteiger partial charge on any atom is -0.378 e. The van der Waals surface area contributed by atoms with Gasteiger partial charge < -0.3 is 15.4 Å². The number of benzene rings is 1. The number of ether oxygens (including phenoxy) is 1. The average Bonchev–Trinajstić information content (AvgIpc) is 2.67. The molecule has 2 aliphatic rings. The summed E-state index contributed by atoms with van der Waals surface area (Å²) in [5.74, 6) is 1.69. The number of thioether (sulfide) groups is 1. The van der Waals surface area contributed by atoms with Gasteiger partial charge in [0.2, 0.25) is 0 Å². The molecule has 2 fully saturated rings. The number of aromatic nitrogens is 2. The van der Waals surface area contributed by atoms with E-state index in [1.54, 1.807) is 18.1 Å². The van der Waals surface area contributed by atoms with Crippen LogP contribution in [0.3, 0.4) is 0 Å². The fraction of sp³-hybridized carbons (Fsp3) is 0.579. The van der Waals surface area contributed by atoms with E-state index in [0.29, 0.717) is 18.1 Å². The first-order valence-electron chi connectivity index (χ1n) is 9.15. The van der Waals surface area contributed by atoms with Crippen LogP contribution in [-0.4, -0.2) is 48.1 Å². The Morgan fingerprint density at radius 2 is 2.04 bits per heavy atom. The Hall–Kier alpha value is -1.37. The lowest BCUT2D eigenvalue weighted by atomic mass is 9.86. The van der Waals surface area contributed by atoms with Crippen LogP contribution in [0.15, 0.2) is 29.4 Å². The van der Waals surface area contributed by atoms with Gasteiger partial charge >= 0.3 is 0 Å². The smallest absolute Gasteiger partial charge is 0.139 e. The molecule has 4 rings (SSSR count). The molecule has 2 N–H and O–H groups in total. The first-order valence-corrected chi connectivity index (χ1v) is 10.4. The maximum atomic E-state index is 6.13. The molecular formula is C19H26N4OS. The van der Waals surface area contributed by atoms with Crippen LogP contribution in [0.5, 0.6) is 0 Å². The van der Waals surface area contributed by atoms with Crippen LogP contribution in [0, 0.1) is 5.92 Å². The fourth-order valence-electron chi connectivity index (χ4n) is 4.07. The predicted octanol–water partition coefficient (Wildman–Crippen LogP) is 3.07. The third-order valence-corrected chi connectivity index (χ3v) is 6.27. The zero-order chi connectivity index (χ0) is 17.2. The summed E-state index contributed by atoms with van der Waals surface area (Å²) in [6.45, 7) is 2.87. The molecule has 1 aromatic carbocycles. The largest absolute Gasteiger partial charge is 0.378 e. The number of nitrogens with two attached hydrogens (primary N) is 1. The minimum absolute atomic E-state index is 0.313. The molecule has 2 aromatic rings. The number of hydrogen-bond donors (Lipinski definition) is 1. The Balaban J connectivity index is 1.50. The molecular weight excluding hydrogens is 332 g/mol. The van der Waals surface area contributed by atoms with Gasteiger partial charge in [0.1, 0.15) is 12.1 Å². The molecule has 2 atom stereocenters. The summed E-state index contributed by atoms with van der Waals surface area (Å²) < 4.78 is 6.00. The quantitative estimate of drug-likeness (QED) is 0.851. The molecule has 6 heteroatoms. The highest BCUT2D eigenvalue weighted by Gasteiger charge is 2.31. The van der Waals surface area contributed by atoms with Gasteiger partial charge in [0, 0.05) is 36.0 Å². The van der Waals surface area contributed by atoms with E-state index in [1.807, 2.05) is 0 Å². The standard InChI is InChI=1S/C19H26N4OS/c1-25-15-2-3-17-16(11-15)19(22-12-21-17)23-7-4-13(5-8-23)18-10-14(20)6-9-24-18/h2-3,11-14,18H,4-10,20H2,1H3. The van der Waals surface area contributed by atoms with Crippen molar-refractivity contribution in [2.75, 3.05) is 30.9 Å². The van der Waals surface area contributed by atoms with Crippen molar-refractivity contribution in [3.63, 3.8) is 0 Å². The van der Waals surface area contributed by atoms with Crippen molar-refractivity contribution in [2.45, 2.75) is 42.7 Å². The Morgan fingerprint density at radius 1 is 1.20 bits per heavy atom. The summed E-state index contributed by atoms with van der Waals surface area (Å²) in [6, 6.07) is 6.74. The highest BCUT2D eigenvalue weighted by molar-refractivity contribution is 7.98. The van der Waals surface area contributed by atoms with Gasteiger partial charge in [-0.1, -0.05) is 0 Å². The SMILES string of the molecule is CSc1ccc2ncnc(N3CCC(C4CC(N)CCO4)CC3)c2c1. The topological polar surface area (TPSA) is 64.3 Å². The van der Waals surface area contributed by atoms with Crippen LogP contribution in [-0.2, 0) is 4.74 Å². The number of anilines is 1. The van der Waals surface area contributed by atoms with Crippen molar-refractivity contribution in [2.24, 2.45) is 11.7 Å². The molecule has 0 saturated carbocycles. The van der Waals surface area contributed by atoms with Crippen molar-refractivity contribution in [1.82, 2.24) is 9.97 Å². The first-order chi connectivity index (χ1) is 12.2. The van der Waals surface area contributed by atoms with E-state index < -0.39 is 0 Å². The van der Waals surface area contributed by atoms with E-state index in [-0.39, 0.29) is 0 Å². The molecule has 0 bridgehead atoms. The summed E-state index contributed by atoms with van der Waals surface area (Å²) >= 11 is 1.76. The van der Waals surface area contributed by atoms with Crippen LogP contribution in [0.1, 0.15) is 25.7 Å². The lowest BCUT2D eigenvalue weighted by molar-refractivity contribution is -0.0336. The molecule has 25 heavy (non-hydrogen) atoms. The minimum atomic E-state index is 0.313. The van der Waals surface area contributed by atoms with Crippen molar-refractivity contribution in [1.29, 1.82) is 0 Å². The van der Waals surface area contributed by atoms with E-state index in [9.17, 15) is 0 Å². The first kappa shape index (κ1) is 17.1. The van der Waals surface area contributed by atoms with E-state index >= 15 is 0 Å². The normalized spacial score (nSPS) is 25.4. The molecule has 0 aliphatic carbocycles. The van der Waals surface area contributed by atoms with E-state index in [0.717, 1.165) is 62.1 Å². The van der Waals surface area contributed by atoms with Crippen LogP contribution < -0.4 is 10.6 Å². The van der Waals surface area contributed by atoms with Gasteiger partial charge in [0.05, 0.1) is 11.6 Å². The van der Waals surface area contributed by atoms with E-state index in [2.05, 4.69) is 39.3 Å². The van der Waals surface area contributed by atoms with Gasteiger partial charge in [-0.05, 0) is 56.1 Å². The molecule has 5 nitrogen and oxygen atoms in total. The molecule has 1 aromatic heterocycles. The molecule has 2 aliphatic heterocycles.